The molecule has 0 spiro atoms. The number of hydrogen-bond donors (Lipinski definition) is 0. The van der Waals surface area contributed by atoms with E-state index in [1.807, 2.05) is 13.8 Å². The Kier molecular flexibility index (Phi) is 13.4. The Labute approximate surface area is 143 Å². The summed E-state index contributed by atoms with van der Waals surface area (Å²) < 4.78 is 10.2. The standard InChI is InChI=1S/C16H26Cl2O4/c1-3-5-9-21-15(19)11-14(13(12-18)7-8-17)16(20)22-10-6-4-2/h11,13H,3-10,12H2,1-2H3. The second kappa shape index (κ2) is 13.9. The summed E-state index contributed by atoms with van der Waals surface area (Å²) in [6.45, 7) is 4.67. The summed E-state index contributed by atoms with van der Waals surface area (Å²) in [5.41, 5.74) is 0.244. The van der Waals surface area contributed by atoms with Gasteiger partial charge in [-0.05, 0) is 19.3 Å². The molecule has 1 atom stereocenters. The molecule has 6 heteroatoms. The Hall–Kier alpha value is -0.740. The molecule has 0 aliphatic carbocycles. The molecule has 0 aliphatic heterocycles. The quantitative estimate of drug-likeness (QED) is 0.230. The van der Waals surface area contributed by atoms with Crippen molar-refractivity contribution in [1.82, 2.24) is 0 Å². The minimum Gasteiger partial charge on any atom is -0.463 e. The van der Waals surface area contributed by atoms with E-state index in [-0.39, 0.29) is 17.4 Å². The SMILES string of the molecule is CCCCOC(=O)C=C(C(=O)OCCCC)C(CCl)CCCl. The Balaban J connectivity index is 4.89. The highest BCUT2D eigenvalue weighted by molar-refractivity contribution is 6.19. The van der Waals surface area contributed by atoms with Crippen LogP contribution >= 0.6 is 23.2 Å². The predicted octanol–water partition coefficient (Wildman–Crippen LogP) is 4.08. The van der Waals surface area contributed by atoms with E-state index in [4.69, 9.17) is 32.7 Å². The van der Waals surface area contributed by atoms with E-state index in [1.54, 1.807) is 0 Å². The lowest BCUT2D eigenvalue weighted by molar-refractivity contribution is -0.142. The Morgan fingerprint density at radius 2 is 1.64 bits per heavy atom. The smallest absolute Gasteiger partial charge is 0.334 e. The summed E-state index contributed by atoms with van der Waals surface area (Å²) in [4.78, 5) is 24.0. The van der Waals surface area contributed by atoms with E-state index < -0.39 is 11.9 Å². The van der Waals surface area contributed by atoms with E-state index in [0.29, 0.717) is 25.5 Å². The number of ether oxygens (including phenoxy) is 2. The third-order valence-corrected chi connectivity index (χ3v) is 3.66. The molecule has 0 amide bonds. The molecule has 0 bridgehead atoms. The number of rotatable bonds is 12. The van der Waals surface area contributed by atoms with Gasteiger partial charge in [0, 0.05) is 29.3 Å². The van der Waals surface area contributed by atoms with Crippen molar-refractivity contribution in [3.8, 4) is 0 Å². The van der Waals surface area contributed by atoms with Crippen LogP contribution in [0, 0.1) is 5.92 Å². The Bertz CT molecular complexity index is 356. The second-order valence-electron chi connectivity index (χ2n) is 4.94. The van der Waals surface area contributed by atoms with Gasteiger partial charge in [0.25, 0.3) is 0 Å². The molecule has 0 N–H and O–H groups in total. The zero-order valence-electron chi connectivity index (χ0n) is 13.4. The van der Waals surface area contributed by atoms with E-state index in [2.05, 4.69) is 0 Å². The maximum Gasteiger partial charge on any atom is 0.334 e. The van der Waals surface area contributed by atoms with Gasteiger partial charge in [-0.1, -0.05) is 26.7 Å². The van der Waals surface area contributed by atoms with Crippen LogP contribution in [0.2, 0.25) is 0 Å². The van der Waals surface area contributed by atoms with Crippen molar-refractivity contribution >= 4 is 35.1 Å². The summed E-state index contributed by atoms with van der Waals surface area (Å²) in [5.74, 6) is -0.824. The summed E-state index contributed by atoms with van der Waals surface area (Å²) in [5, 5.41) is 0. The molecule has 0 saturated heterocycles. The van der Waals surface area contributed by atoms with Crippen LogP contribution in [-0.4, -0.2) is 36.9 Å². The van der Waals surface area contributed by atoms with E-state index >= 15 is 0 Å². The number of carbonyl (C=O) groups excluding carboxylic acids is 2. The fraction of sp³-hybridized carbons (Fsp3) is 0.750. The highest BCUT2D eigenvalue weighted by Gasteiger charge is 2.23. The van der Waals surface area contributed by atoms with Crippen molar-refractivity contribution in [1.29, 1.82) is 0 Å². The number of carbonyl (C=O) groups is 2. The lowest BCUT2D eigenvalue weighted by atomic mass is 9.98. The molecule has 128 valence electrons. The van der Waals surface area contributed by atoms with Crippen LogP contribution in [-0.2, 0) is 19.1 Å². The van der Waals surface area contributed by atoms with Crippen molar-refractivity contribution in [2.24, 2.45) is 5.92 Å². The number of unbranched alkanes of at least 4 members (excludes halogenated alkanes) is 2. The number of halogens is 2. The molecule has 1 unspecified atom stereocenters. The average Bonchev–Trinajstić information content (AvgIpc) is 2.51. The summed E-state index contributed by atoms with van der Waals surface area (Å²) in [6, 6.07) is 0. The molecular weight excluding hydrogens is 327 g/mol. The lowest BCUT2D eigenvalue weighted by Gasteiger charge is -2.16. The van der Waals surface area contributed by atoms with Crippen LogP contribution in [0.15, 0.2) is 11.6 Å². The van der Waals surface area contributed by atoms with Crippen LogP contribution in [0.1, 0.15) is 46.0 Å². The minimum absolute atomic E-state index is 0.198. The van der Waals surface area contributed by atoms with E-state index in [1.165, 1.54) is 6.08 Å². The first kappa shape index (κ1) is 21.3. The monoisotopic (exact) mass is 352 g/mol. The predicted molar refractivity (Wildman–Crippen MR) is 89.4 cm³/mol. The van der Waals surface area contributed by atoms with E-state index in [9.17, 15) is 9.59 Å². The molecule has 0 aromatic carbocycles. The van der Waals surface area contributed by atoms with E-state index in [0.717, 1.165) is 25.7 Å². The van der Waals surface area contributed by atoms with Gasteiger partial charge < -0.3 is 9.47 Å². The van der Waals surface area contributed by atoms with Gasteiger partial charge in [0.2, 0.25) is 0 Å². The van der Waals surface area contributed by atoms with Gasteiger partial charge in [-0.3, -0.25) is 0 Å². The first-order chi connectivity index (χ1) is 10.6. The normalized spacial score (nSPS) is 12.8. The fourth-order valence-corrected chi connectivity index (χ4v) is 2.25. The second-order valence-corrected chi connectivity index (χ2v) is 5.63. The average molecular weight is 353 g/mol. The highest BCUT2D eigenvalue weighted by Crippen LogP contribution is 2.20. The summed E-state index contributed by atoms with van der Waals surface area (Å²) >= 11 is 11.6. The zero-order chi connectivity index (χ0) is 16.8. The topological polar surface area (TPSA) is 52.6 Å². The molecule has 0 radical (unpaired) electrons. The van der Waals surface area contributed by atoms with Crippen LogP contribution in [0.5, 0.6) is 0 Å². The maximum atomic E-state index is 12.2. The van der Waals surface area contributed by atoms with Crippen LogP contribution in [0.3, 0.4) is 0 Å². The first-order valence-corrected chi connectivity index (χ1v) is 8.84. The molecule has 0 aromatic rings. The van der Waals surface area contributed by atoms with Crippen molar-refractivity contribution in [3.05, 3.63) is 11.6 Å². The number of hydrogen-bond acceptors (Lipinski definition) is 4. The molecule has 4 nitrogen and oxygen atoms in total. The van der Waals surface area contributed by atoms with Crippen LogP contribution in [0.4, 0.5) is 0 Å². The minimum atomic E-state index is -0.541. The molecule has 0 fully saturated rings. The molecular formula is C16H26Cl2O4. The lowest BCUT2D eigenvalue weighted by Crippen LogP contribution is -2.20. The molecule has 0 aromatic heterocycles. The number of alkyl halides is 2. The maximum absolute atomic E-state index is 12.2. The van der Waals surface area contributed by atoms with Gasteiger partial charge in [-0.25, -0.2) is 9.59 Å². The van der Waals surface area contributed by atoms with Crippen molar-refractivity contribution in [2.45, 2.75) is 46.0 Å². The molecule has 22 heavy (non-hydrogen) atoms. The van der Waals surface area contributed by atoms with Crippen molar-refractivity contribution < 1.29 is 19.1 Å². The van der Waals surface area contributed by atoms with Crippen LogP contribution < -0.4 is 0 Å². The fourth-order valence-electron chi connectivity index (χ4n) is 1.67. The molecule has 0 saturated carbocycles. The zero-order valence-corrected chi connectivity index (χ0v) is 14.9. The van der Waals surface area contributed by atoms with Crippen molar-refractivity contribution in [3.63, 3.8) is 0 Å². The number of esters is 2. The van der Waals surface area contributed by atoms with Gasteiger partial charge >= 0.3 is 11.9 Å². The van der Waals surface area contributed by atoms with Crippen molar-refractivity contribution in [2.75, 3.05) is 25.0 Å². The van der Waals surface area contributed by atoms with Crippen LogP contribution in [0.25, 0.3) is 0 Å². The van der Waals surface area contributed by atoms with Gasteiger partial charge in [0.05, 0.1) is 13.2 Å². The molecule has 0 heterocycles. The van der Waals surface area contributed by atoms with Gasteiger partial charge in [-0.15, -0.1) is 23.2 Å². The summed E-state index contributed by atoms with van der Waals surface area (Å²) in [6.07, 6.45) is 5.12. The molecule has 0 aliphatic rings. The Morgan fingerprint density at radius 1 is 1.05 bits per heavy atom. The third kappa shape index (κ3) is 9.31. The summed E-state index contributed by atoms with van der Waals surface area (Å²) in [7, 11) is 0. The van der Waals surface area contributed by atoms with Gasteiger partial charge in [-0.2, -0.15) is 0 Å². The third-order valence-electron chi connectivity index (χ3n) is 3.07. The highest BCUT2D eigenvalue weighted by atomic mass is 35.5. The first-order valence-electron chi connectivity index (χ1n) is 7.78. The molecule has 0 rings (SSSR count). The van der Waals surface area contributed by atoms with Gasteiger partial charge in [0.1, 0.15) is 0 Å². The largest absolute Gasteiger partial charge is 0.463 e. The Morgan fingerprint density at radius 3 is 2.14 bits per heavy atom. The van der Waals surface area contributed by atoms with Gasteiger partial charge in [0.15, 0.2) is 0 Å².